The molecule has 4 rings (SSSR count). The number of pyridine rings is 1. The van der Waals surface area contributed by atoms with Crippen molar-refractivity contribution in [2.75, 3.05) is 29.4 Å². The molecule has 4 nitrogen and oxygen atoms in total. The third kappa shape index (κ3) is 1.98. The second-order valence-electron chi connectivity index (χ2n) is 5.55. The van der Waals surface area contributed by atoms with Crippen LogP contribution in [0, 0.1) is 0 Å². The summed E-state index contributed by atoms with van der Waals surface area (Å²) < 4.78 is 0. The minimum atomic E-state index is -0.00535. The molecule has 0 saturated heterocycles. The molecule has 0 bridgehead atoms. The average Bonchev–Trinajstić information content (AvgIpc) is 2.56. The van der Waals surface area contributed by atoms with Gasteiger partial charge >= 0.3 is 0 Å². The van der Waals surface area contributed by atoms with Gasteiger partial charge in [0.05, 0.1) is 11.4 Å². The lowest BCUT2D eigenvalue weighted by molar-refractivity contribution is 0.0982. The number of nitrogens with zero attached hydrogens (tertiary/aromatic N) is 3. The number of hydrogen-bond acceptors (Lipinski definition) is 3. The summed E-state index contributed by atoms with van der Waals surface area (Å²) in [6.45, 7) is 2.73. The molecule has 1 aromatic carbocycles. The van der Waals surface area contributed by atoms with E-state index in [1.54, 1.807) is 12.3 Å². The number of aromatic nitrogens is 1. The summed E-state index contributed by atoms with van der Waals surface area (Å²) in [4.78, 5) is 21.2. The van der Waals surface area contributed by atoms with Crippen molar-refractivity contribution in [1.29, 1.82) is 0 Å². The van der Waals surface area contributed by atoms with E-state index in [0.717, 1.165) is 31.7 Å². The SMILES string of the molecule is O=C(c1ccccn1)N1CCN2CCCc3cccc1c32. The van der Waals surface area contributed by atoms with E-state index >= 15 is 0 Å². The molecule has 0 aliphatic carbocycles. The van der Waals surface area contributed by atoms with Gasteiger partial charge in [0, 0.05) is 25.8 Å². The highest BCUT2D eigenvalue weighted by Crippen LogP contribution is 2.39. The predicted octanol–water partition coefficient (Wildman–Crippen LogP) is 2.49. The van der Waals surface area contributed by atoms with E-state index in [1.165, 1.54) is 17.7 Å². The van der Waals surface area contributed by atoms with Crippen LogP contribution in [0.3, 0.4) is 0 Å². The number of carbonyl (C=O) groups is 1. The average molecular weight is 279 g/mol. The smallest absolute Gasteiger partial charge is 0.276 e. The van der Waals surface area contributed by atoms with Crippen molar-refractivity contribution < 1.29 is 4.79 Å². The molecule has 0 atom stereocenters. The summed E-state index contributed by atoms with van der Waals surface area (Å²) in [5.41, 5.74) is 4.16. The topological polar surface area (TPSA) is 36.4 Å². The Labute approximate surface area is 124 Å². The molecule has 0 unspecified atom stereocenters. The third-order valence-corrected chi connectivity index (χ3v) is 4.30. The van der Waals surface area contributed by atoms with Crippen LogP contribution < -0.4 is 9.80 Å². The monoisotopic (exact) mass is 279 g/mol. The lowest BCUT2D eigenvalue weighted by Gasteiger charge is -2.41. The van der Waals surface area contributed by atoms with Crippen molar-refractivity contribution in [3.63, 3.8) is 0 Å². The van der Waals surface area contributed by atoms with Gasteiger partial charge < -0.3 is 9.80 Å². The zero-order valence-corrected chi connectivity index (χ0v) is 11.8. The lowest BCUT2D eigenvalue weighted by Crippen LogP contribution is -2.46. The number of aryl methyl sites for hydroxylation is 1. The molecule has 3 heterocycles. The fourth-order valence-electron chi connectivity index (χ4n) is 3.34. The Bertz CT molecular complexity index is 684. The van der Waals surface area contributed by atoms with E-state index in [1.807, 2.05) is 17.0 Å². The number of rotatable bonds is 1. The number of carbonyl (C=O) groups excluding carboxylic acids is 1. The van der Waals surface area contributed by atoms with Crippen LogP contribution in [0.4, 0.5) is 11.4 Å². The van der Waals surface area contributed by atoms with Gasteiger partial charge in [-0.05, 0) is 36.6 Å². The molecule has 21 heavy (non-hydrogen) atoms. The maximum Gasteiger partial charge on any atom is 0.276 e. The van der Waals surface area contributed by atoms with Crippen molar-refractivity contribution in [2.24, 2.45) is 0 Å². The van der Waals surface area contributed by atoms with Gasteiger partial charge in [0.15, 0.2) is 0 Å². The standard InChI is InChI=1S/C17H17N3O/c21-17(14-7-1-2-9-18-14)20-12-11-19-10-4-6-13-5-3-8-15(20)16(13)19/h1-3,5,7-9H,4,6,10-12H2. The predicted molar refractivity (Wildman–Crippen MR) is 82.9 cm³/mol. The van der Waals surface area contributed by atoms with Crippen LogP contribution in [0.25, 0.3) is 0 Å². The number of amides is 1. The molecule has 0 N–H and O–H groups in total. The lowest BCUT2D eigenvalue weighted by atomic mass is 9.98. The molecular weight excluding hydrogens is 262 g/mol. The van der Waals surface area contributed by atoms with Crippen molar-refractivity contribution >= 4 is 17.3 Å². The van der Waals surface area contributed by atoms with Gasteiger partial charge in [-0.2, -0.15) is 0 Å². The van der Waals surface area contributed by atoms with E-state index in [-0.39, 0.29) is 5.91 Å². The first-order chi connectivity index (χ1) is 10.3. The van der Waals surface area contributed by atoms with Crippen molar-refractivity contribution in [3.8, 4) is 0 Å². The van der Waals surface area contributed by atoms with Crippen molar-refractivity contribution in [1.82, 2.24) is 4.98 Å². The van der Waals surface area contributed by atoms with Crippen molar-refractivity contribution in [3.05, 3.63) is 53.9 Å². The van der Waals surface area contributed by atoms with Gasteiger partial charge in [0.2, 0.25) is 0 Å². The fraction of sp³-hybridized carbons (Fsp3) is 0.294. The zero-order chi connectivity index (χ0) is 14.2. The molecule has 2 aromatic rings. The van der Waals surface area contributed by atoms with E-state index in [9.17, 15) is 4.79 Å². The van der Waals surface area contributed by atoms with Gasteiger partial charge in [-0.25, -0.2) is 0 Å². The fourth-order valence-corrected chi connectivity index (χ4v) is 3.34. The first-order valence-electron chi connectivity index (χ1n) is 7.44. The Kier molecular flexibility index (Phi) is 2.88. The van der Waals surface area contributed by atoms with E-state index in [0.29, 0.717) is 5.69 Å². The maximum absolute atomic E-state index is 12.7. The molecule has 0 radical (unpaired) electrons. The normalized spacial score (nSPS) is 16.6. The molecule has 0 spiro atoms. The van der Waals surface area contributed by atoms with Crippen LogP contribution in [-0.2, 0) is 6.42 Å². The first kappa shape index (κ1) is 12.4. The molecule has 2 aliphatic heterocycles. The van der Waals surface area contributed by atoms with E-state index in [4.69, 9.17) is 0 Å². The molecule has 106 valence electrons. The van der Waals surface area contributed by atoms with Crippen molar-refractivity contribution in [2.45, 2.75) is 12.8 Å². The summed E-state index contributed by atoms with van der Waals surface area (Å²) in [6, 6.07) is 11.8. The van der Waals surface area contributed by atoms with Gasteiger partial charge in [-0.1, -0.05) is 18.2 Å². The molecule has 1 aromatic heterocycles. The van der Waals surface area contributed by atoms with Crippen LogP contribution in [-0.4, -0.2) is 30.5 Å². The minimum Gasteiger partial charge on any atom is -0.368 e. The molecule has 1 amide bonds. The molecule has 4 heteroatoms. The summed E-state index contributed by atoms with van der Waals surface area (Å²) in [5, 5.41) is 0. The first-order valence-corrected chi connectivity index (χ1v) is 7.44. The molecule has 2 aliphatic rings. The molecule has 0 saturated carbocycles. The number of hydrogen-bond donors (Lipinski definition) is 0. The highest BCUT2D eigenvalue weighted by Gasteiger charge is 2.31. The Balaban J connectivity index is 1.77. The second-order valence-corrected chi connectivity index (χ2v) is 5.55. The van der Waals surface area contributed by atoms with Gasteiger partial charge in [-0.15, -0.1) is 0 Å². The Morgan fingerprint density at radius 2 is 2.00 bits per heavy atom. The summed E-state index contributed by atoms with van der Waals surface area (Å²) >= 11 is 0. The van der Waals surface area contributed by atoms with E-state index in [2.05, 4.69) is 28.1 Å². The molecular formula is C17H17N3O. The zero-order valence-electron chi connectivity index (χ0n) is 11.8. The summed E-state index contributed by atoms with van der Waals surface area (Å²) in [7, 11) is 0. The maximum atomic E-state index is 12.7. The highest BCUT2D eigenvalue weighted by molar-refractivity contribution is 6.07. The summed E-state index contributed by atoms with van der Waals surface area (Å²) in [6.07, 6.45) is 3.97. The van der Waals surface area contributed by atoms with Crippen LogP contribution in [0.5, 0.6) is 0 Å². The summed E-state index contributed by atoms with van der Waals surface area (Å²) in [5.74, 6) is -0.00535. The highest BCUT2D eigenvalue weighted by atomic mass is 16.2. The third-order valence-electron chi connectivity index (χ3n) is 4.30. The van der Waals surface area contributed by atoms with Gasteiger partial charge in [0.25, 0.3) is 5.91 Å². The number of anilines is 2. The van der Waals surface area contributed by atoms with Crippen LogP contribution >= 0.6 is 0 Å². The number of benzene rings is 1. The Morgan fingerprint density at radius 3 is 2.86 bits per heavy atom. The van der Waals surface area contributed by atoms with Gasteiger partial charge in [-0.3, -0.25) is 9.78 Å². The number of para-hydroxylation sites is 1. The second kappa shape index (κ2) is 4.88. The van der Waals surface area contributed by atoms with Crippen LogP contribution in [0.1, 0.15) is 22.5 Å². The minimum absolute atomic E-state index is 0.00535. The van der Waals surface area contributed by atoms with E-state index < -0.39 is 0 Å². The molecule has 0 fully saturated rings. The van der Waals surface area contributed by atoms with Crippen LogP contribution in [0.2, 0.25) is 0 Å². The van der Waals surface area contributed by atoms with Gasteiger partial charge in [0.1, 0.15) is 5.69 Å². The Morgan fingerprint density at radius 1 is 1.05 bits per heavy atom. The largest absolute Gasteiger partial charge is 0.368 e. The quantitative estimate of drug-likeness (QED) is 0.804. The van der Waals surface area contributed by atoms with Crippen LogP contribution in [0.15, 0.2) is 42.6 Å². The Hall–Kier alpha value is -2.36.